The number of hydrogen-bond acceptors (Lipinski definition) is 6. The van der Waals surface area contributed by atoms with E-state index in [1.54, 1.807) is 0 Å². The molecule has 0 rings (SSSR count). The molecular formula is C6H12KNaO8. The average Bonchev–Trinajstić information content (AvgIpc) is 2.12. The number of aliphatic carboxylic acids is 2. The molecule has 0 aromatic heterocycles. The van der Waals surface area contributed by atoms with Crippen molar-refractivity contribution in [2.45, 2.75) is 24.4 Å². The van der Waals surface area contributed by atoms with Crippen LogP contribution in [0.5, 0.6) is 0 Å². The molecule has 0 fully saturated rings. The third-order valence-corrected chi connectivity index (χ3v) is 1.50. The summed E-state index contributed by atoms with van der Waals surface area (Å²) < 4.78 is 0. The molecule has 4 atom stereocenters. The van der Waals surface area contributed by atoms with Crippen molar-refractivity contribution in [2.24, 2.45) is 0 Å². The first kappa shape index (κ1) is 22.6. The van der Waals surface area contributed by atoms with Gasteiger partial charge in [-0.2, -0.15) is 0 Å². The van der Waals surface area contributed by atoms with Gasteiger partial charge in [0.15, 0.2) is 12.2 Å². The fraction of sp³-hybridized carbons (Fsp3) is 0.667. The molecule has 0 aliphatic rings. The van der Waals surface area contributed by atoms with Crippen molar-refractivity contribution in [3.8, 4) is 0 Å². The predicted molar refractivity (Wildman–Crippen MR) is 53.6 cm³/mol. The van der Waals surface area contributed by atoms with E-state index in [-0.39, 0.29) is 80.9 Å². The standard InChI is InChI=1S/C6H10O8.K.Na.2H/c7-1(3(9)5(11)12)2(8)4(10)6(13)14;;;;/h1-4,7-10H,(H,11,12)(H,13,14);;;;. The van der Waals surface area contributed by atoms with Crippen LogP contribution in [0.4, 0.5) is 0 Å². The van der Waals surface area contributed by atoms with Gasteiger partial charge in [0.2, 0.25) is 0 Å². The van der Waals surface area contributed by atoms with Crippen LogP contribution in [0.2, 0.25) is 0 Å². The summed E-state index contributed by atoms with van der Waals surface area (Å²) in [5, 5.41) is 51.5. The molecule has 86 valence electrons. The van der Waals surface area contributed by atoms with E-state index in [0.29, 0.717) is 0 Å². The minimum absolute atomic E-state index is 0. The van der Waals surface area contributed by atoms with E-state index in [4.69, 9.17) is 30.6 Å². The zero-order valence-electron chi connectivity index (χ0n) is 6.81. The van der Waals surface area contributed by atoms with E-state index in [9.17, 15) is 9.59 Å². The van der Waals surface area contributed by atoms with Crippen molar-refractivity contribution >= 4 is 92.9 Å². The van der Waals surface area contributed by atoms with Crippen molar-refractivity contribution in [3.05, 3.63) is 0 Å². The second-order valence-electron chi connectivity index (χ2n) is 2.55. The molecule has 0 amide bonds. The molecule has 6 N–H and O–H groups in total. The van der Waals surface area contributed by atoms with Crippen LogP contribution in [-0.4, -0.2) is 148 Å². The summed E-state index contributed by atoms with van der Waals surface area (Å²) in [5.41, 5.74) is 0. The summed E-state index contributed by atoms with van der Waals surface area (Å²) in [4.78, 5) is 20.2. The summed E-state index contributed by atoms with van der Waals surface area (Å²) in [7, 11) is 0. The normalized spacial score (nSPS) is 17.0. The third-order valence-electron chi connectivity index (χ3n) is 1.50. The zero-order chi connectivity index (χ0) is 11.5. The predicted octanol–water partition coefficient (Wildman–Crippen LogP) is -4.70. The third kappa shape index (κ3) is 6.99. The van der Waals surface area contributed by atoms with Crippen LogP contribution >= 0.6 is 0 Å². The van der Waals surface area contributed by atoms with Crippen molar-refractivity contribution in [2.75, 3.05) is 0 Å². The van der Waals surface area contributed by atoms with Crippen molar-refractivity contribution in [3.63, 3.8) is 0 Å². The summed E-state index contributed by atoms with van der Waals surface area (Å²) in [6.45, 7) is 0. The Kier molecular flexibility index (Phi) is 14.6. The maximum absolute atomic E-state index is 10.1. The summed E-state index contributed by atoms with van der Waals surface area (Å²) in [6, 6.07) is 0. The van der Waals surface area contributed by atoms with E-state index < -0.39 is 36.4 Å². The van der Waals surface area contributed by atoms with Gasteiger partial charge in [-0.15, -0.1) is 0 Å². The number of carbonyl (C=O) groups is 2. The molecule has 8 nitrogen and oxygen atoms in total. The fourth-order valence-electron chi connectivity index (χ4n) is 0.666. The molecule has 0 saturated carbocycles. The van der Waals surface area contributed by atoms with Crippen LogP contribution < -0.4 is 0 Å². The molecular weight excluding hydrogens is 262 g/mol. The fourth-order valence-corrected chi connectivity index (χ4v) is 0.666. The molecule has 16 heavy (non-hydrogen) atoms. The van der Waals surface area contributed by atoms with Gasteiger partial charge in [-0.1, -0.05) is 0 Å². The molecule has 0 aromatic rings. The summed E-state index contributed by atoms with van der Waals surface area (Å²) >= 11 is 0. The number of hydrogen-bond donors (Lipinski definition) is 6. The first-order chi connectivity index (χ1) is 6.29. The van der Waals surface area contributed by atoms with Crippen LogP contribution in [0.3, 0.4) is 0 Å². The second kappa shape index (κ2) is 10.3. The molecule has 0 radical (unpaired) electrons. The molecule has 10 heteroatoms. The van der Waals surface area contributed by atoms with Crippen LogP contribution in [0.15, 0.2) is 0 Å². The first-order valence-electron chi connectivity index (χ1n) is 3.47. The van der Waals surface area contributed by atoms with Gasteiger partial charge in [-0.25, -0.2) is 9.59 Å². The van der Waals surface area contributed by atoms with Gasteiger partial charge in [-0.3, -0.25) is 0 Å². The zero-order valence-corrected chi connectivity index (χ0v) is 6.81. The Balaban J connectivity index is -0.000000845. The molecule has 0 heterocycles. The maximum atomic E-state index is 10.1. The number of aliphatic hydroxyl groups excluding tert-OH is 4. The Labute approximate surface area is 155 Å². The quantitative estimate of drug-likeness (QED) is 0.273. The number of carboxylic acids is 2. The molecule has 0 bridgehead atoms. The van der Waals surface area contributed by atoms with Crippen molar-refractivity contribution < 1.29 is 40.2 Å². The van der Waals surface area contributed by atoms with Crippen LogP contribution in [0.25, 0.3) is 0 Å². The molecule has 0 aliphatic heterocycles. The van der Waals surface area contributed by atoms with Gasteiger partial charge >= 0.3 is 92.9 Å². The Hall–Kier alpha value is 1.42. The van der Waals surface area contributed by atoms with Gasteiger partial charge in [0.25, 0.3) is 0 Å². The monoisotopic (exact) mass is 274 g/mol. The Morgan fingerprint density at radius 1 is 0.750 bits per heavy atom. The molecule has 0 saturated heterocycles. The second-order valence-corrected chi connectivity index (χ2v) is 2.55. The van der Waals surface area contributed by atoms with Crippen LogP contribution in [0, 0.1) is 0 Å². The first-order valence-corrected chi connectivity index (χ1v) is 3.47. The summed E-state index contributed by atoms with van der Waals surface area (Å²) in [5.74, 6) is -3.68. The van der Waals surface area contributed by atoms with Crippen molar-refractivity contribution in [1.82, 2.24) is 0 Å². The van der Waals surface area contributed by atoms with E-state index in [1.807, 2.05) is 0 Å². The van der Waals surface area contributed by atoms with Gasteiger partial charge in [0.1, 0.15) is 12.2 Å². The molecule has 0 aromatic carbocycles. The Morgan fingerprint density at radius 3 is 1.06 bits per heavy atom. The SMILES string of the molecule is O=C(O)C(O)C(O)C(O)C(O)C(=O)O.[KH].[NaH]. The number of carboxylic acid groups (broad SMARTS) is 2. The molecule has 4 unspecified atom stereocenters. The molecule has 0 aliphatic carbocycles. The topological polar surface area (TPSA) is 156 Å². The van der Waals surface area contributed by atoms with Gasteiger partial charge in [-0.05, 0) is 0 Å². The minimum atomic E-state index is -2.36. The van der Waals surface area contributed by atoms with E-state index in [0.717, 1.165) is 0 Å². The van der Waals surface area contributed by atoms with Gasteiger partial charge in [0, 0.05) is 0 Å². The Morgan fingerprint density at radius 2 is 0.938 bits per heavy atom. The van der Waals surface area contributed by atoms with Crippen LogP contribution in [0.1, 0.15) is 0 Å². The Bertz CT molecular complexity index is 213. The van der Waals surface area contributed by atoms with Gasteiger partial charge in [0.05, 0.1) is 0 Å². The van der Waals surface area contributed by atoms with Crippen LogP contribution in [-0.2, 0) is 9.59 Å². The van der Waals surface area contributed by atoms with E-state index in [2.05, 4.69) is 0 Å². The van der Waals surface area contributed by atoms with E-state index in [1.165, 1.54) is 0 Å². The average molecular weight is 274 g/mol. The summed E-state index contributed by atoms with van der Waals surface area (Å²) in [6.07, 6.45) is -9.28. The van der Waals surface area contributed by atoms with Gasteiger partial charge < -0.3 is 30.6 Å². The number of rotatable bonds is 5. The van der Waals surface area contributed by atoms with Crippen molar-refractivity contribution in [1.29, 1.82) is 0 Å². The van der Waals surface area contributed by atoms with E-state index >= 15 is 0 Å². The molecule has 0 spiro atoms. The number of aliphatic hydroxyl groups is 4.